The number of amides is 1. The van der Waals surface area contributed by atoms with Crippen LogP contribution in [-0.2, 0) is 17.6 Å². The minimum Gasteiger partial charge on any atom is -0.497 e. The molecule has 1 aliphatic carbocycles. The Morgan fingerprint density at radius 3 is 3.03 bits per heavy atom. The van der Waals surface area contributed by atoms with E-state index in [2.05, 4.69) is 21.4 Å². The first-order valence-corrected chi connectivity index (χ1v) is 10.8. The summed E-state index contributed by atoms with van der Waals surface area (Å²) in [5.41, 5.74) is 5.01. The lowest BCUT2D eigenvalue weighted by Gasteiger charge is -2.13. The van der Waals surface area contributed by atoms with Gasteiger partial charge in [0.25, 0.3) is 0 Å². The Bertz CT molecular complexity index is 1250. The molecule has 0 aliphatic heterocycles. The number of carbonyl (C=O) groups is 1. The number of thioether (sulfide) groups is 1. The quantitative estimate of drug-likeness (QED) is 0.378. The molecule has 1 N–H and O–H groups in total. The molecule has 8 heteroatoms. The van der Waals surface area contributed by atoms with Gasteiger partial charge in [-0.1, -0.05) is 17.8 Å². The van der Waals surface area contributed by atoms with Gasteiger partial charge in [0.2, 0.25) is 11.6 Å². The molecule has 0 bridgehead atoms. The van der Waals surface area contributed by atoms with Gasteiger partial charge in [-0.2, -0.15) is 0 Å². The lowest BCUT2D eigenvalue weighted by Crippen LogP contribution is -2.14. The number of rotatable bonds is 5. The highest BCUT2D eigenvalue weighted by atomic mass is 32.2. The summed E-state index contributed by atoms with van der Waals surface area (Å²) < 4.78 is 11.2. The molecule has 0 fully saturated rings. The zero-order valence-corrected chi connectivity index (χ0v) is 17.3. The number of carbonyl (C=O) groups excluding carboxylic acids is 1. The largest absolute Gasteiger partial charge is 0.497 e. The fraction of sp³-hybridized carbons (Fsp3) is 0.273. The number of benzene rings is 1. The zero-order valence-electron chi connectivity index (χ0n) is 16.5. The van der Waals surface area contributed by atoms with Crippen molar-refractivity contribution in [3.8, 4) is 5.75 Å². The summed E-state index contributed by atoms with van der Waals surface area (Å²) in [6.07, 6.45) is 5.89. The molecule has 3 heterocycles. The molecule has 152 valence electrons. The highest BCUT2D eigenvalue weighted by Gasteiger charge is 2.19. The van der Waals surface area contributed by atoms with E-state index in [0.29, 0.717) is 27.8 Å². The Balaban J connectivity index is 1.38. The van der Waals surface area contributed by atoms with Crippen molar-refractivity contribution >= 4 is 45.6 Å². The number of hydrogen-bond donors (Lipinski definition) is 1. The van der Waals surface area contributed by atoms with Crippen molar-refractivity contribution < 1.29 is 13.9 Å². The molecule has 30 heavy (non-hydrogen) atoms. The summed E-state index contributed by atoms with van der Waals surface area (Å²) >= 11 is 1.32. The van der Waals surface area contributed by atoms with Gasteiger partial charge in [0, 0.05) is 17.4 Å². The number of pyridine rings is 1. The third-order valence-electron chi connectivity index (χ3n) is 5.18. The second kappa shape index (κ2) is 7.95. The average Bonchev–Trinajstić information content (AvgIpc) is 3.14. The molecule has 5 rings (SSSR count). The number of nitrogens with zero attached hydrogens (tertiary/aromatic N) is 3. The van der Waals surface area contributed by atoms with Crippen molar-refractivity contribution in [3.63, 3.8) is 0 Å². The molecule has 0 saturated heterocycles. The molecule has 1 aromatic carbocycles. The van der Waals surface area contributed by atoms with Gasteiger partial charge in [0.1, 0.15) is 22.6 Å². The molecule has 0 spiro atoms. The Labute approximate surface area is 177 Å². The van der Waals surface area contributed by atoms with Crippen LogP contribution in [0.25, 0.3) is 22.2 Å². The topological polar surface area (TPSA) is 90.1 Å². The highest BCUT2D eigenvalue weighted by molar-refractivity contribution is 8.00. The lowest BCUT2D eigenvalue weighted by molar-refractivity contribution is -0.113. The van der Waals surface area contributed by atoms with Crippen LogP contribution in [0.4, 0.5) is 5.69 Å². The lowest BCUT2D eigenvalue weighted by atomic mass is 9.95. The van der Waals surface area contributed by atoms with E-state index in [4.69, 9.17) is 14.1 Å². The first-order chi connectivity index (χ1) is 14.7. The van der Waals surface area contributed by atoms with Crippen LogP contribution in [-0.4, -0.2) is 33.7 Å². The van der Waals surface area contributed by atoms with E-state index < -0.39 is 0 Å². The Hall–Kier alpha value is -3.13. The summed E-state index contributed by atoms with van der Waals surface area (Å²) in [5.74, 6) is 0.754. The summed E-state index contributed by atoms with van der Waals surface area (Å²) in [6, 6.07) is 9.41. The van der Waals surface area contributed by atoms with Crippen molar-refractivity contribution in [2.45, 2.75) is 30.7 Å². The maximum atomic E-state index is 12.4. The summed E-state index contributed by atoms with van der Waals surface area (Å²) in [4.78, 5) is 25.9. The Morgan fingerprint density at radius 2 is 2.13 bits per heavy atom. The molecule has 0 atom stereocenters. The molecule has 4 aromatic rings. The number of nitrogens with one attached hydrogen (secondary N) is 1. The maximum absolute atomic E-state index is 12.4. The van der Waals surface area contributed by atoms with E-state index in [9.17, 15) is 4.79 Å². The minimum absolute atomic E-state index is 0.135. The van der Waals surface area contributed by atoms with E-state index in [1.165, 1.54) is 30.1 Å². The number of fused-ring (bicyclic) bond motifs is 4. The normalized spacial score (nSPS) is 13.4. The fourth-order valence-corrected chi connectivity index (χ4v) is 4.47. The van der Waals surface area contributed by atoms with Crippen molar-refractivity contribution in [2.75, 3.05) is 18.2 Å². The van der Waals surface area contributed by atoms with Crippen LogP contribution in [0.2, 0.25) is 0 Å². The van der Waals surface area contributed by atoms with Gasteiger partial charge in [0.05, 0.1) is 18.2 Å². The number of methoxy groups -OCH3 is 1. The average molecular weight is 420 g/mol. The Morgan fingerprint density at radius 1 is 1.23 bits per heavy atom. The monoisotopic (exact) mass is 420 g/mol. The van der Waals surface area contributed by atoms with Crippen molar-refractivity contribution in [1.82, 2.24) is 15.0 Å². The van der Waals surface area contributed by atoms with Crippen LogP contribution in [0, 0.1) is 0 Å². The van der Waals surface area contributed by atoms with Gasteiger partial charge in [0.15, 0.2) is 5.58 Å². The number of anilines is 1. The van der Waals surface area contributed by atoms with Crippen LogP contribution in [0.5, 0.6) is 5.75 Å². The molecule has 0 unspecified atom stereocenters. The number of hydrogen-bond acceptors (Lipinski definition) is 7. The molecular formula is C22H20N4O3S. The van der Waals surface area contributed by atoms with Gasteiger partial charge in [-0.15, -0.1) is 0 Å². The van der Waals surface area contributed by atoms with Crippen molar-refractivity contribution in [2.24, 2.45) is 0 Å². The van der Waals surface area contributed by atoms with Gasteiger partial charge >= 0.3 is 0 Å². The predicted molar refractivity (Wildman–Crippen MR) is 116 cm³/mol. The standard InChI is InChI=1S/C22H20N4O3S/c1-28-15-7-4-6-14(10-15)25-18(27)11-30-22-20-19(23-12-24-22)16-9-13-5-2-3-8-17(13)26-21(16)29-20/h4,6-7,9-10,12H,2-3,5,8,11H2,1H3,(H,25,27). The SMILES string of the molecule is COc1cccc(NC(=O)CSc2ncnc3c2oc2nc4c(cc23)CCCC4)c1. The molecule has 0 saturated carbocycles. The van der Waals surface area contributed by atoms with E-state index in [1.54, 1.807) is 13.2 Å². The molecule has 0 radical (unpaired) electrons. The van der Waals surface area contributed by atoms with E-state index in [1.807, 2.05) is 18.2 Å². The van der Waals surface area contributed by atoms with Crippen LogP contribution >= 0.6 is 11.8 Å². The number of ether oxygens (including phenoxy) is 1. The van der Waals surface area contributed by atoms with Crippen LogP contribution in [0.1, 0.15) is 24.1 Å². The second-order valence-corrected chi connectivity index (χ2v) is 8.15. The van der Waals surface area contributed by atoms with Gasteiger partial charge in [-0.05, 0) is 49.4 Å². The van der Waals surface area contributed by atoms with Gasteiger partial charge in [-0.3, -0.25) is 4.79 Å². The Kier molecular flexibility index (Phi) is 5.00. The van der Waals surface area contributed by atoms with Crippen LogP contribution in [0.15, 0.2) is 46.1 Å². The molecule has 7 nitrogen and oxygen atoms in total. The maximum Gasteiger partial charge on any atom is 0.234 e. The minimum atomic E-state index is -0.135. The van der Waals surface area contributed by atoms with Crippen molar-refractivity contribution in [3.05, 3.63) is 47.9 Å². The van der Waals surface area contributed by atoms with Crippen LogP contribution in [0.3, 0.4) is 0 Å². The third-order valence-corrected chi connectivity index (χ3v) is 6.16. The van der Waals surface area contributed by atoms with Gasteiger partial charge < -0.3 is 14.5 Å². The molecule has 1 aliphatic rings. The summed E-state index contributed by atoms with van der Waals surface area (Å²) in [7, 11) is 1.59. The second-order valence-electron chi connectivity index (χ2n) is 7.18. The third kappa shape index (κ3) is 3.59. The van der Waals surface area contributed by atoms with Crippen molar-refractivity contribution in [1.29, 1.82) is 0 Å². The highest BCUT2D eigenvalue weighted by Crippen LogP contribution is 2.34. The summed E-state index contributed by atoms with van der Waals surface area (Å²) in [5, 5.41) is 4.42. The molecular weight excluding hydrogens is 400 g/mol. The zero-order chi connectivity index (χ0) is 20.5. The smallest absolute Gasteiger partial charge is 0.234 e. The number of aryl methyl sites for hydroxylation is 2. The fourth-order valence-electron chi connectivity index (χ4n) is 3.73. The first-order valence-electron chi connectivity index (χ1n) is 9.84. The summed E-state index contributed by atoms with van der Waals surface area (Å²) in [6.45, 7) is 0. The predicted octanol–water partition coefficient (Wildman–Crippen LogP) is 4.39. The van der Waals surface area contributed by atoms with Gasteiger partial charge in [-0.25, -0.2) is 15.0 Å². The van der Waals surface area contributed by atoms with E-state index >= 15 is 0 Å². The molecule has 1 amide bonds. The number of furan rings is 1. The van der Waals surface area contributed by atoms with E-state index in [0.717, 1.165) is 35.9 Å². The molecule has 3 aromatic heterocycles. The van der Waals surface area contributed by atoms with Crippen LogP contribution < -0.4 is 10.1 Å². The number of aromatic nitrogens is 3. The van der Waals surface area contributed by atoms with E-state index in [-0.39, 0.29) is 11.7 Å². The first kappa shape index (κ1) is 18.9.